The standard InChI is InChI=1S/C22H19ClN4O3S/c1-3-18(20(28)25-19-12-13(2)30-26-19)31-22-24-16-10-6-4-8-14(16)21(29)27(22)17-11-7-5-9-15(17)23/h4-12,18H,3H2,1-2H3,(H,25,26,28). The van der Waals surface area contributed by atoms with Crippen molar-refractivity contribution in [1.82, 2.24) is 14.7 Å². The number of fused-ring (bicyclic) bond motifs is 1. The molecule has 1 N–H and O–H groups in total. The molecule has 1 amide bonds. The lowest BCUT2D eigenvalue weighted by atomic mass is 10.2. The van der Waals surface area contributed by atoms with Crippen LogP contribution in [0.25, 0.3) is 16.6 Å². The molecule has 1 unspecified atom stereocenters. The molecule has 31 heavy (non-hydrogen) atoms. The van der Waals surface area contributed by atoms with Crippen molar-refractivity contribution in [3.8, 4) is 5.69 Å². The number of aromatic nitrogens is 3. The molecule has 0 aliphatic heterocycles. The summed E-state index contributed by atoms with van der Waals surface area (Å²) in [5, 5.41) is 7.32. The lowest BCUT2D eigenvalue weighted by Gasteiger charge is -2.18. The molecule has 0 spiro atoms. The van der Waals surface area contributed by atoms with E-state index in [4.69, 9.17) is 16.1 Å². The van der Waals surface area contributed by atoms with Crippen LogP contribution in [0.15, 0.2) is 69.1 Å². The number of aryl methyl sites for hydroxylation is 1. The quantitative estimate of drug-likeness (QED) is 0.331. The largest absolute Gasteiger partial charge is 0.360 e. The molecule has 0 bridgehead atoms. The SMILES string of the molecule is CCC(Sc1nc2ccccc2c(=O)n1-c1ccccc1Cl)C(=O)Nc1cc(C)on1. The Morgan fingerprint density at radius 3 is 2.68 bits per heavy atom. The number of anilines is 1. The number of nitrogens with one attached hydrogen (secondary N) is 1. The first kappa shape index (κ1) is 21.1. The average Bonchev–Trinajstić information content (AvgIpc) is 3.17. The van der Waals surface area contributed by atoms with E-state index in [-0.39, 0.29) is 11.5 Å². The van der Waals surface area contributed by atoms with Gasteiger partial charge in [0.2, 0.25) is 5.91 Å². The first-order chi connectivity index (χ1) is 15.0. The number of hydrogen-bond acceptors (Lipinski definition) is 6. The predicted molar refractivity (Wildman–Crippen MR) is 122 cm³/mol. The molecule has 2 heterocycles. The molecule has 2 aromatic carbocycles. The van der Waals surface area contributed by atoms with Gasteiger partial charge in [-0.2, -0.15) is 0 Å². The number of hydrogen-bond donors (Lipinski definition) is 1. The van der Waals surface area contributed by atoms with Crippen molar-refractivity contribution in [2.75, 3.05) is 5.32 Å². The van der Waals surface area contributed by atoms with Crippen LogP contribution in [0, 0.1) is 6.92 Å². The van der Waals surface area contributed by atoms with E-state index in [0.717, 1.165) is 0 Å². The van der Waals surface area contributed by atoms with Crippen LogP contribution in [0.4, 0.5) is 5.82 Å². The minimum Gasteiger partial charge on any atom is -0.360 e. The highest BCUT2D eigenvalue weighted by Crippen LogP contribution is 2.29. The molecule has 9 heteroatoms. The second kappa shape index (κ2) is 8.95. The van der Waals surface area contributed by atoms with Gasteiger partial charge < -0.3 is 9.84 Å². The van der Waals surface area contributed by atoms with Gasteiger partial charge in [-0.3, -0.25) is 14.2 Å². The fourth-order valence-corrected chi connectivity index (χ4v) is 4.36. The van der Waals surface area contributed by atoms with Crippen molar-refractivity contribution in [3.05, 3.63) is 75.7 Å². The molecular formula is C22H19ClN4O3S. The number of carbonyl (C=O) groups is 1. The van der Waals surface area contributed by atoms with Gasteiger partial charge in [0.05, 0.1) is 26.9 Å². The summed E-state index contributed by atoms with van der Waals surface area (Å²) in [5.41, 5.74) is 0.821. The lowest BCUT2D eigenvalue weighted by molar-refractivity contribution is -0.115. The minimum atomic E-state index is -0.515. The normalized spacial score (nSPS) is 12.1. The van der Waals surface area contributed by atoms with Crippen LogP contribution >= 0.6 is 23.4 Å². The molecule has 2 aromatic heterocycles. The van der Waals surface area contributed by atoms with E-state index in [0.29, 0.717) is 44.8 Å². The zero-order valence-corrected chi connectivity index (χ0v) is 18.4. The molecule has 1 atom stereocenters. The Balaban J connectivity index is 1.78. The van der Waals surface area contributed by atoms with Crippen LogP contribution in [-0.2, 0) is 4.79 Å². The molecular weight excluding hydrogens is 436 g/mol. The van der Waals surface area contributed by atoms with E-state index >= 15 is 0 Å². The van der Waals surface area contributed by atoms with Gasteiger partial charge in [0.1, 0.15) is 5.76 Å². The molecule has 4 rings (SSSR count). The van der Waals surface area contributed by atoms with Crippen molar-refractivity contribution in [1.29, 1.82) is 0 Å². The molecule has 0 saturated heterocycles. The van der Waals surface area contributed by atoms with Crippen LogP contribution in [0.3, 0.4) is 0 Å². The summed E-state index contributed by atoms with van der Waals surface area (Å²) < 4.78 is 6.47. The Morgan fingerprint density at radius 1 is 1.23 bits per heavy atom. The minimum absolute atomic E-state index is 0.247. The number of halogens is 1. The summed E-state index contributed by atoms with van der Waals surface area (Å²) in [7, 11) is 0. The zero-order chi connectivity index (χ0) is 22.0. The maximum absolute atomic E-state index is 13.4. The monoisotopic (exact) mass is 454 g/mol. The van der Waals surface area contributed by atoms with Crippen LogP contribution in [0.2, 0.25) is 5.02 Å². The fraction of sp³-hybridized carbons (Fsp3) is 0.182. The number of rotatable bonds is 6. The first-order valence-corrected chi connectivity index (χ1v) is 10.9. The highest BCUT2D eigenvalue weighted by molar-refractivity contribution is 8.00. The molecule has 0 radical (unpaired) electrons. The summed E-state index contributed by atoms with van der Waals surface area (Å²) in [5.74, 6) is 0.685. The van der Waals surface area contributed by atoms with Gasteiger partial charge in [-0.25, -0.2) is 4.98 Å². The van der Waals surface area contributed by atoms with E-state index in [1.807, 2.05) is 13.0 Å². The molecule has 7 nitrogen and oxygen atoms in total. The van der Waals surface area contributed by atoms with E-state index < -0.39 is 5.25 Å². The number of para-hydroxylation sites is 2. The van der Waals surface area contributed by atoms with Crippen LogP contribution in [-0.4, -0.2) is 25.9 Å². The Labute approximate surface area is 187 Å². The highest BCUT2D eigenvalue weighted by Gasteiger charge is 2.24. The second-order valence-corrected chi connectivity index (χ2v) is 8.41. The van der Waals surface area contributed by atoms with Gasteiger partial charge in [0.25, 0.3) is 5.56 Å². The smallest absolute Gasteiger partial charge is 0.266 e. The highest BCUT2D eigenvalue weighted by atomic mass is 35.5. The Morgan fingerprint density at radius 2 is 1.97 bits per heavy atom. The Bertz CT molecular complexity index is 1320. The average molecular weight is 455 g/mol. The third-order valence-electron chi connectivity index (χ3n) is 4.63. The molecule has 4 aromatic rings. The number of thioether (sulfide) groups is 1. The van der Waals surface area contributed by atoms with Crippen LogP contribution in [0.1, 0.15) is 19.1 Å². The first-order valence-electron chi connectivity index (χ1n) is 9.65. The lowest BCUT2D eigenvalue weighted by Crippen LogP contribution is -2.27. The van der Waals surface area contributed by atoms with Crippen LogP contribution < -0.4 is 10.9 Å². The maximum atomic E-state index is 13.4. The van der Waals surface area contributed by atoms with Crippen molar-refractivity contribution in [2.24, 2.45) is 0 Å². The van der Waals surface area contributed by atoms with Gasteiger partial charge in [0, 0.05) is 6.07 Å². The van der Waals surface area contributed by atoms with E-state index in [1.165, 1.54) is 16.3 Å². The summed E-state index contributed by atoms with van der Waals surface area (Å²) >= 11 is 7.61. The molecule has 0 fully saturated rings. The number of nitrogens with zero attached hydrogens (tertiary/aromatic N) is 3. The Kier molecular flexibility index (Phi) is 6.11. The van der Waals surface area contributed by atoms with Gasteiger partial charge >= 0.3 is 0 Å². The number of benzene rings is 2. The second-order valence-electron chi connectivity index (χ2n) is 6.83. The third kappa shape index (κ3) is 4.35. The third-order valence-corrected chi connectivity index (χ3v) is 6.26. The van der Waals surface area contributed by atoms with Crippen molar-refractivity contribution in [3.63, 3.8) is 0 Å². The summed E-state index contributed by atoms with van der Waals surface area (Å²) in [6.07, 6.45) is 0.512. The molecule has 158 valence electrons. The fourth-order valence-electron chi connectivity index (χ4n) is 3.12. The van der Waals surface area contributed by atoms with Crippen LogP contribution in [0.5, 0.6) is 0 Å². The van der Waals surface area contributed by atoms with E-state index in [2.05, 4.69) is 15.5 Å². The summed E-state index contributed by atoms with van der Waals surface area (Å²) in [4.78, 5) is 30.9. The van der Waals surface area contributed by atoms with Crippen molar-refractivity contribution >= 4 is 46.0 Å². The van der Waals surface area contributed by atoms with Crippen molar-refractivity contribution in [2.45, 2.75) is 30.7 Å². The van der Waals surface area contributed by atoms with Gasteiger partial charge in [-0.1, -0.05) is 59.7 Å². The predicted octanol–water partition coefficient (Wildman–Crippen LogP) is 4.84. The maximum Gasteiger partial charge on any atom is 0.266 e. The topological polar surface area (TPSA) is 90.0 Å². The van der Waals surface area contributed by atoms with E-state index in [9.17, 15) is 9.59 Å². The zero-order valence-electron chi connectivity index (χ0n) is 16.8. The van der Waals surface area contributed by atoms with Gasteiger partial charge in [-0.15, -0.1) is 0 Å². The number of carbonyl (C=O) groups excluding carboxylic acids is 1. The number of amides is 1. The molecule has 0 aliphatic rings. The van der Waals surface area contributed by atoms with Crippen molar-refractivity contribution < 1.29 is 9.32 Å². The summed E-state index contributed by atoms with van der Waals surface area (Å²) in [6.45, 7) is 3.64. The van der Waals surface area contributed by atoms with Gasteiger partial charge in [0.15, 0.2) is 11.0 Å². The van der Waals surface area contributed by atoms with Gasteiger partial charge in [-0.05, 0) is 37.6 Å². The molecule has 0 saturated carbocycles. The Hall–Kier alpha value is -3.10. The van der Waals surface area contributed by atoms with E-state index in [1.54, 1.807) is 55.5 Å². The molecule has 0 aliphatic carbocycles. The summed E-state index contributed by atoms with van der Waals surface area (Å²) in [6, 6.07) is 15.8.